The van der Waals surface area contributed by atoms with Crippen molar-refractivity contribution < 1.29 is 52.7 Å². The van der Waals surface area contributed by atoms with Gasteiger partial charge >= 0.3 is 11.9 Å². The number of benzene rings is 6. The van der Waals surface area contributed by atoms with Crippen LogP contribution in [0.2, 0.25) is 0 Å². The molecule has 0 aromatic heterocycles. The maximum atomic E-state index is 13.1. The Morgan fingerprint density at radius 2 is 0.679 bits per heavy atom. The van der Waals surface area contributed by atoms with Gasteiger partial charge in [0.2, 0.25) is 47.3 Å². The number of esters is 2. The van der Waals surface area contributed by atoms with Crippen molar-refractivity contribution in [1.29, 1.82) is 5.41 Å². The molecule has 8 amide bonds. The third-order valence-corrected chi connectivity index (χ3v) is 23.4. The van der Waals surface area contributed by atoms with E-state index in [4.69, 9.17) is 35.6 Å². The normalized spacial score (nSPS) is 21.2. The molecule has 562 valence electrons. The van der Waals surface area contributed by atoms with Gasteiger partial charge in [0.05, 0.1) is 58.9 Å². The summed E-state index contributed by atoms with van der Waals surface area (Å²) in [6.07, 6.45) is 8.72. The van der Waals surface area contributed by atoms with E-state index in [9.17, 15) is 47.9 Å². The average molecular weight is 1470 g/mol. The minimum Gasteiger partial charge on any atom is -0.393 e. The highest BCUT2D eigenvalue weighted by atomic mass is 16.6. The Morgan fingerprint density at radius 3 is 0.963 bits per heavy atom. The van der Waals surface area contributed by atoms with Crippen LogP contribution in [-0.2, 0) is 65.8 Å². The second kappa shape index (κ2) is 33.1. The Morgan fingerprint density at radius 1 is 0.394 bits per heavy atom. The number of likely N-dealkylation sites (tertiary alicyclic amines) is 4. The number of nitrogen functional groups attached to an aromatic ring is 1. The largest absolute Gasteiger partial charge is 0.393 e. The van der Waals surface area contributed by atoms with Crippen LogP contribution in [0.4, 0.5) is 39.8 Å². The highest BCUT2D eigenvalue weighted by Crippen LogP contribution is 2.48. The molecule has 5 spiro atoms. The number of nitrogens with zero attached hydrogens (tertiary/aromatic N) is 11. The lowest BCUT2D eigenvalue weighted by Crippen LogP contribution is -2.44. The van der Waals surface area contributed by atoms with Gasteiger partial charge in [0.15, 0.2) is 17.1 Å². The standard InChI is InChI=1S/C22H21N3O2.C16H20N4O2.C16H17N3O2.C15H15N3O2.C15H17NO3/c1-23-18-7-9-19(10-8-18)25-20(26)15-22(21(25)27)11-13-24(14-12-22)16-17-5-3-2-4-6-17;1-19-8-6-16(7-9-19)10-13(21)20(15(16)22)12-4-2-11(3-5-12)14(17)18;1-17-12-3-5-13(6-4-12)19-14(20)11-16(15(19)21)7-9-18(2)10-8-16;1-16-11-2-4-12(5-3-11)18-13(19)10-15(14(18)20)6-8-17-9-7-15;17-13-10-15(14(18)19-13)6-8-16(9-7-15)11-12-4-2-1-3-5-12/h2-10H,11-16H2;2-5H,6-10H2,1H3,(H3,17,18);3-6H,7-11H2,2H3;2-5,17H,6-10H2;1-5H,6-11H2. The molecule has 0 atom stereocenters. The van der Waals surface area contributed by atoms with Crippen LogP contribution in [0.15, 0.2) is 158 Å². The molecule has 0 saturated carbocycles. The lowest BCUT2D eigenvalue weighted by atomic mass is 9.77. The second-order valence-corrected chi connectivity index (χ2v) is 30.4. The number of carbonyl (C=O) groups is 10. The summed E-state index contributed by atoms with van der Waals surface area (Å²) in [7, 11) is 4.07. The highest BCUT2D eigenvalue weighted by Gasteiger charge is 2.57. The lowest BCUT2D eigenvalue weighted by molar-refractivity contribution is -0.156. The average Bonchev–Trinajstić information content (AvgIpc) is 1.16. The first-order valence-corrected chi connectivity index (χ1v) is 37.2. The predicted molar refractivity (Wildman–Crippen MR) is 409 cm³/mol. The molecule has 10 aliphatic heterocycles. The Balaban J connectivity index is 0.000000128. The molecule has 6 aromatic rings. The maximum absolute atomic E-state index is 13.1. The first-order chi connectivity index (χ1) is 52.4. The Labute approximate surface area is 634 Å². The molecule has 109 heavy (non-hydrogen) atoms. The molecule has 10 saturated heterocycles. The molecule has 4 N–H and O–H groups in total. The molecule has 25 nitrogen and oxygen atoms in total. The summed E-state index contributed by atoms with van der Waals surface area (Å²) in [4.78, 5) is 148. The molecule has 0 unspecified atom stereocenters. The van der Waals surface area contributed by atoms with Gasteiger partial charge < -0.3 is 25.6 Å². The van der Waals surface area contributed by atoms with Crippen LogP contribution in [0.25, 0.3) is 14.5 Å². The fourth-order valence-corrected chi connectivity index (χ4v) is 16.5. The fourth-order valence-electron chi connectivity index (χ4n) is 16.5. The van der Waals surface area contributed by atoms with Gasteiger partial charge in [-0.1, -0.05) is 97.1 Å². The Hall–Kier alpha value is -11.2. The number of amidine groups is 1. The van der Waals surface area contributed by atoms with Crippen LogP contribution in [0.5, 0.6) is 0 Å². The van der Waals surface area contributed by atoms with E-state index in [0.29, 0.717) is 90.3 Å². The molecule has 16 rings (SSSR count). The molecule has 10 fully saturated rings. The molecule has 0 radical (unpaired) electrons. The quantitative estimate of drug-likeness (QED) is 0.0303. The summed E-state index contributed by atoms with van der Waals surface area (Å²) in [5.74, 6) is -1.54. The van der Waals surface area contributed by atoms with Crippen molar-refractivity contribution >= 4 is 105 Å². The van der Waals surface area contributed by atoms with Gasteiger partial charge in [0.1, 0.15) is 5.84 Å². The van der Waals surface area contributed by atoms with Crippen molar-refractivity contribution in [2.24, 2.45) is 32.8 Å². The summed E-state index contributed by atoms with van der Waals surface area (Å²) >= 11 is 0. The second-order valence-electron chi connectivity index (χ2n) is 30.4. The van der Waals surface area contributed by atoms with Gasteiger partial charge in [-0.3, -0.25) is 82.8 Å². The highest BCUT2D eigenvalue weighted by molar-refractivity contribution is 6.25. The van der Waals surface area contributed by atoms with E-state index in [1.807, 2.05) is 50.5 Å². The zero-order chi connectivity index (χ0) is 77.3. The molecule has 6 aromatic carbocycles. The van der Waals surface area contributed by atoms with E-state index in [2.05, 4.69) is 63.7 Å². The van der Waals surface area contributed by atoms with Gasteiger partial charge in [-0.2, -0.15) is 0 Å². The number of rotatable bonds is 9. The monoisotopic (exact) mass is 1470 g/mol. The summed E-state index contributed by atoms with van der Waals surface area (Å²) < 4.78 is 4.71. The zero-order valence-electron chi connectivity index (χ0n) is 61.6. The number of imide groups is 4. The molecular formula is C84H90N14O11. The van der Waals surface area contributed by atoms with Gasteiger partial charge in [-0.25, -0.2) is 14.5 Å². The van der Waals surface area contributed by atoms with E-state index in [1.165, 1.54) is 30.7 Å². The number of cyclic esters (lactones) is 2. The summed E-state index contributed by atoms with van der Waals surface area (Å²) in [5.41, 5.74) is 9.71. The smallest absolute Gasteiger partial charge is 0.320 e. The lowest BCUT2D eigenvalue weighted by Gasteiger charge is -2.37. The first kappa shape index (κ1) is 77.4. The van der Waals surface area contributed by atoms with Crippen molar-refractivity contribution in [2.45, 2.75) is 109 Å². The van der Waals surface area contributed by atoms with Crippen LogP contribution >= 0.6 is 0 Å². The van der Waals surface area contributed by atoms with Crippen molar-refractivity contribution in [2.75, 3.05) is 99.1 Å². The summed E-state index contributed by atoms with van der Waals surface area (Å²) in [6, 6.07) is 47.2. The van der Waals surface area contributed by atoms with Crippen LogP contribution in [0, 0.1) is 52.2 Å². The van der Waals surface area contributed by atoms with E-state index < -0.39 is 27.1 Å². The molecule has 25 heteroatoms. The predicted octanol–water partition coefficient (Wildman–Crippen LogP) is 10.6. The van der Waals surface area contributed by atoms with Crippen molar-refractivity contribution in [3.05, 3.63) is 209 Å². The fraction of sp³-hybridized carbons (Fsp3) is 0.405. The van der Waals surface area contributed by atoms with Crippen molar-refractivity contribution in [1.82, 2.24) is 24.9 Å². The molecular weight excluding hydrogens is 1380 g/mol. The van der Waals surface area contributed by atoms with Crippen LogP contribution in [-0.4, -0.2) is 164 Å². The van der Waals surface area contributed by atoms with E-state index >= 15 is 0 Å². The van der Waals surface area contributed by atoms with E-state index in [0.717, 1.165) is 117 Å². The number of hydrogen-bond acceptors (Lipinski definition) is 17. The summed E-state index contributed by atoms with van der Waals surface area (Å²) in [5, 5.41) is 10.6. The van der Waals surface area contributed by atoms with Crippen LogP contribution in [0.1, 0.15) is 113 Å². The SMILES string of the molecule is CN1CCC2(CC1)CC(=O)N(c1ccc(C(=N)N)cc1)C2=O.O=C1CC2(CCN(Cc3ccccc3)CC2)C(=O)O1.[C-]#[N+]c1ccc(N2C(=O)CC3(CCN(C)CC3)C2=O)cc1.[C-]#[N+]c1ccc(N2C(=O)CC3(CCN(Cc4ccccc4)CC3)C2=O)cc1.[C-]#[N+]c1ccc(N2C(=O)CC3(CCNCC3)C2=O)cc1. The van der Waals surface area contributed by atoms with Crippen LogP contribution in [0.3, 0.4) is 0 Å². The number of amides is 8. The molecule has 0 aliphatic carbocycles. The zero-order valence-corrected chi connectivity index (χ0v) is 61.6. The Kier molecular flexibility index (Phi) is 23.5. The minimum absolute atomic E-state index is 0.0302. The number of piperidine rings is 5. The van der Waals surface area contributed by atoms with Gasteiger partial charge in [-0.05, 0) is 216 Å². The van der Waals surface area contributed by atoms with Gasteiger partial charge in [0, 0.05) is 61.4 Å². The topological polar surface area (TPSA) is 281 Å². The van der Waals surface area contributed by atoms with Gasteiger partial charge in [-0.15, -0.1) is 0 Å². The number of carbonyl (C=O) groups excluding carboxylic acids is 10. The number of nitrogens with one attached hydrogen (secondary N) is 2. The third-order valence-electron chi connectivity index (χ3n) is 23.4. The Bertz CT molecular complexity index is 4570. The van der Waals surface area contributed by atoms with Crippen molar-refractivity contribution in [3.8, 4) is 0 Å². The first-order valence-electron chi connectivity index (χ1n) is 37.2. The van der Waals surface area contributed by atoms with Gasteiger partial charge in [0.25, 0.3) is 0 Å². The van der Waals surface area contributed by atoms with Crippen molar-refractivity contribution in [3.63, 3.8) is 0 Å². The molecule has 10 aliphatic rings. The summed E-state index contributed by atoms with van der Waals surface area (Å²) in [6.45, 7) is 31.0. The van der Waals surface area contributed by atoms with E-state index in [1.54, 1.807) is 97.1 Å². The number of ether oxygens (including phenoxy) is 1. The number of anilines is 4. The van der Waals surface area contributed by atoms with E-state index in [-0.39, 0.29) is 77.9 Å². The third kappa shape index (κ3) is 16.7. The van der Waals surface area contributed by atoms with Crippen LogP contribution < -0.4 is 30.7 Å². The number of hydrogen-bond donors (Lipinski definition) is 3. The minimum atomic E-state index is -0.567. The molecule has 0 bridgehead atoms. The maximum Gasteiger partial charge on any atom is 0.320 e. The number of nitrogens with two attached hydrogens (primary N) is 1. The molecule has 10 heterocycles.